The summed E-state index contributed by atoms with van der Waals surface area (Å²) in [6.45, 7) is 3.78. The fourth-order valence-electron chi connectivity index (χ4n) is 2.15. The van der Waals surface area contributed by atoms with Crippen molar-refractivity contribution >= 4 is 23.8 Å². The number of carboxylic acids is 1. The molecule has 1 saturated heterocycles. The Hall–Kier alpha value is -1.77. The van der Waals surface area contributed by atoms with E-state index in [1.165, 1.54) is 16.7 Å². The average molecular weight is 314 g/mol. The molecule has 0 aliphatic carbocycles. The van der Waals surface area contributed by atoms with Gasteiger partial charge in [0.2, 0.25) is 5.89 Å². The minimum absolute atomic E-state index is 0.108. The second-order valence-corrected chi connectivity index (χ2v) is 5.94. The maximum atomic E-state index is 12.3. The molecule has 1 aromatic rings. The van der Waals surface area contributed by atoms with Gasteiger partial charge in [-0.05, 0) is 6.42 Å². The number of carbonyl (C=O) groups is 2. The Morgan fingerprint density at radius 2 is 2.33 bits per heavy atom. The van der Waals surface area contributed by atoms with Crippen LogP contribution in [0.2, 0.25) is 0 Å². The monoisotopic (exact) mass is 314 g/mol. The largest absolute Gasteiger partial charge is 0.480 e. The van der Waals surface area contributed by atoms with Crippen LogP contribution >= 0.6 is 11.8 Å². The fourth-order valence-corrected chi connectivity index (χ4v) is 3.67. The third-order valence-electron chi connectivity index (χ3n) is 3.12. The van der Waals surface area contributed by atoms with E-state index in [-0.39, 0.29) is 11.9 Å². The van der Waals surface area contributed by atoms with Crippen LogP contribution in [-0.2, 0) is 11.3 Å². The third kappa shape index (κ3) is 3.66. The van der Waals surface area contributed by atoms with Gasteiger partial charge >= 0.3 is 12.0 Å². The standard InChI is InChI=1S/C12H18N4O4S/c1-3-4-10-16(8(6-21-10)11(17)18)12(19)13-5-9-14-7(2)20-15-9/h8,10H,3-6H2,1-2H3,(H,13,19)(H,17,18). The second kappa shape index (κ2) is 6.79. The second-order valence-electron chi connectivity index (χ2n) is 4.73. The molecule has 1 aromatic heterocycles. The zero-order chi connectivity index (χ0) is 15.4. The maximum Gasteiger partial charge on any atom is 0.327 e. The third-order valence-corrected chi connectivity index (χ3v) is 4.47. The predicted octanol–water partition coefficient (Wildman–Crippen LogP) is 1.22. The number of aromatic nitrogens is 2. The van der Waals surface area contributed by atoms with Crippen molar-refractivity contribution in [3.63, 3.8) is 0 Å². The van der Waals surface area contributed by atoms with Crippen molar-refractivity contribution in [1.29, 1.82) is 0 Å². The molecule has 2 atom stereocenters. The first kappa shape index (κ1) is 15.6. The summed E-state index contributed by atoms with van der Waals surface area (Å²) in [5.41, 5.74) is 0. The molecule has 21 heavy (non-hydrogen) atoms. The molecule has 2 N–H and O–H groups in total. The van der Waals surface area contributed by atoms with Gasteiger partial charge in [0.15, 0.2) is 5.82 Å². The Kier molecular flexibility index (Phi) is 5.05. The number of hydrogen-bond donors (Lipinski definition) is 2. The average Bonchev–Trinajstić information content (AvgIpc) is 3.03. The van der Waals surface area contributed by atoms with Gasteiger partial charge in [0.05, 0.1) is 11.9 Å². The number of amides is 2. The van der Waals surface area contributed by atoms with Gasteiger partial charge in [-0.3, -0.25) is 4.90 Å². The van der Waals surface area contributed by atoms with Crippen molar-refractivity contribution in [2.45, 2.75) is 44.6 Å². The van der Waals surface area contributed by atoms with Crippen molar-refractivity contribution in [3.05, 3.63) is 11.7 Å². The summed E-state index contributed by atoms with van der Waals surface area (Å²) in [6, 6.07) is -1.20. The summed E-state index contributed by atoms with van der Waals surface area (Å²) in [6.07, 6.45) is 1.65. The van der Waals surface area contributed by atoms with Crippen molar-refractivity contribution in [2.75, 3.05) is 5.75 Å². The number of thioether (sulfide) groups is 1. The van der Waals surface area contributed by atoms with E-state index in [0.29, 0.717) is 17.5 Å². The summed E-state index contributed by atoms with van der Waals surface area (Å²) in [5.74, 6) is 0.218. The number of urea groups is 1. The number of nitrogens with one attached hydrogen (secondary N) is 1. The highest BCUT2D eigenvalue weighted by molar-refractivity contribution is 8.00. The lowest BCUT2D eigenvalue weighted by atomic mass is 10.2. The molecule has 0 aromatic carbocycles. The van der Waals surface area contributed by atoms with E-state index in [2.05, 4.69) is 15.5 Å². The van der Waals surface area contributed by atoms with E-state index in [9.17, 15) is 14.7 Å². The zero-order valence-electron chi connectivity index (χ0n) is 11.9. The van der Waals surface area contributed by atoms with Gasteiger partial charge in [0.25, 0.3) is 0 Å². The Morgan fingerprint density at radius 1 is 1.57 bits per heavy atom. The molecule has 1 aliphatic rings. The van der Waals surface area contributed by atoms with Crippen LogP contribution < -0.4 is 5.32 Å². The van der Waals surface area contributed by atoms with Gasteiger partial charge in [-0.2, -0.15) is 4.98 Å². The minimum Gasteiger partial charge on any atom is -0.480 e. The molecule has 0 spiro atoms. The number of hydrogen-bond acceptors (Lipinski definition) is 6. The number of aliphatic carboxylic acids is 1. The van der Waals surface area contributed by atoms with Gasteiger partial charge < -0.3 is 14.9 Å². The molecule has 9 heteroatoms. The molecule has 0 radical (unpaired) electrons. The SMILES string of the molecule is CCCC1SCC(C(=O)O)N1C(=O)NCc1noc(C)n1. The number of carboxylic acid groups (broad SMARTS) is 1. The highest BCUT2D eigenvalue weighted by Crippen LogP contribution is 2.32. The van der Waals surface area contributed by atoms with Gasteiger partial charge in [-0.1, -0.05) is 18.5 Å². The van der Waals surface area contributed by atoms with E-state index in [1.807, 2.05) is 6.92 Å². The lowest BCUT2D eigenvalue weighted by Crippen LogP contribution is -2.50. The molecule has 2 amide bonds. The molecule has 1 aliphatic heterocycles. The van der Waals surface area contributed by atoms with E-state index in [1.54, 1.807) is 6.92 Å². The number of nitrogens with zero attached hydrogens (tertiary/aromatic N) is 3. The van der Waals surface area contributed by atoms with Crippen LogP contribution in [0.5, 0.6) is 0 Å². The van der Waals surface area contributed by atoms with Gasteiger partial charge in [-0.25, -0.2) is 9.59 Å². The predicted molar refractivity (Wildman–Crippen MR) is 75.7 cm³/mol. The van der Waals surface area contributed by atoms with Crippen LogP contribution in [0.3, 0.4) is 0 Å². The van der Waals surface area contributed by atoms with Crippen LogP contribution in [0.25, 0.3) is 0 Å². The molecule has 1 fully saturated rings. The Labute approximate surface area is 126 Å². The summed E-state index contributed by atoms with van der Waals surface area (Å²) in [4.78, 5) is 28.9. The first-order valence-electron chi connectivity index (χ1n) is 6.72. The summed E-state index contributed by atoms with van der Waals surface area (Å²) in [7, 11) is 0. The van der Waals surface area contributed by atoms with Crippen molar-refractivity contribution in [2.24, 2.45) is 0 Å². The molecule has 2 unspecified atom stereocenters. The molecular formula is C12H18N4O4S. The van der Waals surface area contributed by atoms with Gasteiger partial charge in [-0.15, -0.1) is 11.8 Å². The minimum atomic E-state index is -0.980. The van der Waals surface area contributed by atoms with Crippen molar-refractivity contribution in [3.8, 4) is 0 Å². The molecule has 2 heterocycles. The van der Waals surface area contributed by atoms with Gasteiger partial charge in [0.1, 0.15) is 6.04 Å². The lowest BCUT2D eigenvalue weighted by molar-refractivity contribution is -0.141. The van der Waals surface area contributed by atoms with Crippen LogP contribution in [0.15, 0.2) is 4.52 Å². The summed E-state index contributed by atoms with van der Waals surface area (Å²) in [5, 5.41) is 15.5. The van der Waals surface area contributed by atoms with E-state index in [0.717, 1.165) is 12.8 Å². The first-order valence-corrected chi connectivity index (χ1v) is 7.77. The molecule has 0 saturated carbocycles. The van der Waals surface area contributed by atoms with Crippen LogP contribution in [0.4, 0.5) is 4.79 Å². The van der Waals surface area contributed by atoms with E-state index < -0.39 is 18.0 Å². The zero-order valence-corrected chi connectivity index (χ0v) is 12.7. The molecule has 116 valence electrons. The smallest absolute Gasteiger partial charge is 0.327 e. The quantitative estimate of drug-likeness (QED) is 0.841. The lowest BCUT2D eigenvalue weighted by Gasteiger charge is -2.27. The van der Waals surface area contributed by atoms with E-state index >= 15 is 0 Å². The number of carbonyl (C=O) groups excluding carboxylic acids is 1. The van der Waals surface area contributed by atoms with Crippen LogP contribution in [0.1, 0.15) is 31.5 Å². The summed E-state index contributed by atoms with van der Waals surface area (Å²) >= 11 is 1.50. The number of rotatable bonds is 5. The first-order chi connectivity index (χ1) is 10.0. The Bertz CT molecular complexity index is 521. The fraction of sp³-hybridized carbons (Fsp3) is 0.667. The molecular weight excluding hydrogens is 296 g/mol. The molecule has 0 bridgehead atoms. The maximum absolute atomic E-state index is 12.3. The van der Waals surface area contributed by atoms with Gasteiger partial charge in [0, 0.05) is 12.7 Å². The normalized spacial score (nSPS) is 21.5. The van der Waals surface area contributed by atoms with Crippen molar-refractivity contribution < 1.29 is 19.2 Å². The van der Waals surface area contributed by atoms with E-state index in [4.69, 9.17) is 4.52 Å². The Balaban J connectivity index is 2.00. The topological polar surface area (TPSA) is 109 Å². The molecule has 8 nitrogen and oxygen atoms in total. The highest BCUT2D eigenvalue weighted by Gasteiger charge is 2.41. The summed E-state index contributed by atoms with van der Waals surface area (Å²) < 4.78 is 4.82. The van der Waals surface area contributed by atoms with Crippen LogP contribution in [0, 0.1) is 6.92 Å². The highest BCUT2D eigenvalue weighted by atomic mass is 32.2. The number of aryl methyl sites for hydroxylation is 1. The van der Waals surface area contributed by atoms with Crippen molar-refractivity contribution in [1.82, 2.24) is 20.4 Å². The molecule has 2 rings (SSSR count). The Morgan fingerprint density at radius 3 is 2.90 bits per heavy atom. The van der Waals surface area contributed by atoms with Crippen LogP contribution in [-0.4, -0.2) is 49.3 Å².